The van der Waals surface area contributed by atoms with Crippen molar-refractivity contribution >= 4 is 5.91 Å². The summed E-state index contributed by atoms with van der Waals surface area (Å²) in [6.45, 7) is 3.68. The van der Waals surface area contributed by atoms with Crippen LogP contribution in [0.25, 0.3) is 0 Å². The summed E-state index contributed by atoms with van der Waals surface area (Å²) in [5, 5.41) is 0. The minimum absolute atomic E-state index is 0.114. The van der Waals surface area contributed by atoms with Crippen LogP contribution in [-0.4, -0.2) is 28.9 Å². The molecule has 0 saturated carbocycles. The molecular weight excluding hydrogens is 315 g/mol. The number of aryl methyl sites for hydroxylation is 2. The van der Waals surface area contributed by atoms with Gasteiger partial charge in [0.05, 0.1) is 0 Å². The molecule has 2 heterocycles. The van der Waals surface area contributed by atoms with Gasteiger partial charge in [0.25, 0.3) is 5.91 Å². The van der Waals surface area contributed by atoms with E-state index in [1.807, 2.05) is 36.1 Å². The predicted molar refractivity (Wildman–Crippen MR) is 97.0 cm³/mol. The van der Waals surface area contributed by atoms with Crippen LogP contribution in [0.1, 0.15) is 47.8 Å². The van der Waals surface area contributed by atoms with Crippen LogP contribution < -0.4 is 0 Å². The van der Waals surface area contributed by atoms with Gasteiger partial charge in [0, 0.05) is 30.5 Å². The molecule has 0 radical (unpaired) electrons. The number of carbonyl (C=O) groups excluding carboxylic acids is 1. The number of likely N-dealkylation sites (tertiary alicyclic amines) is 1. The fourth-order valence-corrected chi connectivity index (χ4v) is 3.49. The van der Waals surface area contributed by atoms with Crippen LogP contribution in [0.15, 0.2) is 42.6 Å². The minimum Gasteiger partial charge on any atom is -0.338 e. The molecular formula is C21H25FN2O. The zero-order valence-corrected chi connectivity index (χ0v) is 14.7. The molecule has 1 aliphatic heterocycles. The van der Waals surface area contributed by atoms with Crippen LogP contribution >= 0.6 is 0 Å². The Morgan fingerprint density at radius 2 is 2.08 bits per heavy atom. The van der Waals surface area contributed by atoms with E-state index in [-0.39, 0.29) is 11.7 Å². The number of benzene rings is 1. The van der Waals surface area contributed by atoms with Crippen LogP contribution in [0.2, 0.25) is 0 Å². The summed E-state index contributed by atoms with van der Waals surface area (Å²) < 4.78 is 13.0. The summed E-state index contributed by atoms with van der Waals surface area (Å²) in [5.74, 6) is 0.431. The second-order valence-electron chi connectivity index (χ2n) is 6.81. The summed E-state index contributed by atoms with van der Waals surface area (Å²) in [7, 11) is 0. The second kappa shape index (κ2) is 8.24. The smallest absolute Gasteiger partial charge is 0.253 e. The Bertz CT molecular complexity index is 714. The summed E-state index contributed by atoms with van der Waals surface area (Å²) in [6, 6.07) is 10.4. The summed E-state index contributed by atoms with van der Waals surface area (Å²) in [4.78, 5) is 19.0. The van der Waals surface area contributed by atoms with Gasteiger partial charge in [-0.25, -0.2) is 4.39 Å². The van der Waals surface area contributed by atoms with Crippen molar-refractivity contribution in [3.63, 3.8) is 0 Å². The van der Waals surface area contributed by atoms with E-state index < -0.39 is 0 Å². The maximum atomic E-state index is 13.0. The van der Waals surface area contributed by atoms with Gasteiger partial charge in [0.1, 0.15) is 5.82 Å². The Morgan fingerprint density at radius 3 is 2.84 bits per heavy atom. The molecule has 3 rings (SSSR count). The van der Waals surface area contributed by atoms with E-state index in [1.54, 1.807) is 6.20 Å². The monoisotopic (exact) mass is 340 g/mol. The number of hydrogen-bond donors (Lipinski definition) is 0. The van der Waals surface area contributed by atoms with Crippen molar-refractivity contribution in [1.29, 1.82) is 0 Å². The van der Waals surface area contributed by atoms with Gasteiger partial charge in [-0.05, 0) is 67.9 Å². The average Bonchev–Trinajstić information content (AvgIpc) is 2.67. The third-order valence-corrected chi connectivity index (χ3v) is 4.99. The van der Waals surface area contributed by atoms with Crippen LogP contribution in [0.4, 0.5) is 4.39 Å². The quantitative estimate of drug-likeness (QED) is 0.814. The van der Waals surface area contributed by atoms with E-state index in [2.05, 4.69) is 4.98 Å². The summed E-state index contributed by atoms with van der Waals surface area (Å²) in [5.41, 5.74) is 2.85. The van der Waals surface area contributed by atoms with E-state index in [4.69, 9.17) is 0 Å². The zero-order valence-electron chi connectivity index (χ0n) is 14.7. The van der Waals surface area contributed by atoms with Crippen LogP contribution in [0.3, 0.4) is 0 Å². The van der Waals surface area contributed by atoms with E-state index in [1.165, 1.54) is 12.1 Å². The number of hydrogen-bond acceptors (Lipinski definition) is 2. The highest BCUT2D eigenvalue weighted by Gasteiger charge is 2.24. The van der Waals surface area contributed by atoms with Crippen molar-refractivity contribution in [3.05, 3.63) is 65.2 Å². The van der Waals surface area contributed by atoms with Gasteiger partial charge in [0.15, 0.2) is 0 Å². The number of amides is 1. The number of nitrogens with zero attached hydrogens (tertiary/aromatic N) is 2. The first-order valence-electron chi connectivity index (χ1n) is 9.14. The van der Waals surface area contributed by atoms with Crippen molar-refractivity contribution in [2.24, 2.45) is 5.92 Å². The lowest BCUT2D eigenvalue weighted by molar-refractivity contribution is 0.0668. The van der Waals surface area contributed by atoms with Crippen molar-refractivity contribution < 1.29 is 9.18 Å². The van der Waals surface area contributed by atoms with Crippen molar-refractivity contribution in [2.75, 3.05) is 13.1 Å². The predicted octanol–water partition coefficient (Wildman–Crippen LogP) is 4.27. The molecule has 25 heavy (non-hydrogen) atoms. The summed E-state index contributed by atoms with van der Waals surface area (Å²) in [6.07, 6.45) is 6.73. The Labute approximate surface area is 148 Å². The van der Waals surface area contributed by atoms with E-state index in [0.717, 1.165) is 62.0 Å². The first-order valence-corrected chi connectivity index (χ1v) is 9.14. The summed E-state index contributed by atoms with van der Waals surface area (Å²) >= 11 is 0. The highest BCUT2D eigenvalue weighted by molar-refractivity contribution is 5.94. The standard InChI is InChI=1S/C21H25FN2O/c1-2-20-14-18(11-12-23-20)21(25)24-13-3-4-17(15-24)6-5-16-7-9-19(22)10-8-16/h7-12,14,17H,2-6,13,15H2,1H3. The number of piperidine rings is 1. The molecule has 0 aliphatic carbocycles. The number of aromatic nitrogens is 1. The molecule has 1 unspecified atom stereocenters. The Morgan fingerprint density at radius 1 is 1.28 bits per heavy atom. The van der Waals surface area contributed by atoms with Gasteiger partial charge in [-0.15, -0.1) is 0 Å². The lowest BCUT2D eigenvalue weighted by Gasteiger charge is -2.33. The molecule has 4 heteroatoms. The van der Waals surface area contributed by atoms with Gasteiger partial charge in [-0.2, -0.15) is 0 Å². The Hall–Kier alpha value is -2.23. The first kappa shape index (κ1) is 17.6. The third-order valence-electron chi connectivity index (χ3n) is 4.99. The molecule has 132 valence electrons. The topological polar surface area (TPSA) is 33.2 Å². The number of rotatable bonds is 5. The molecule has 3 nitrogen and oxygen atoms in total. The SMILES string of the molecule is CCc1cc(C(=O)N2CCCC(CCc3ccc(F)cc3)C2)ccn1. The fourth-order valence-electron chi connectivity index (χ4n) is 3.49. The first-order chi connectivity index (χ1) is 12.2. The molecule has 1 atom stereocenters. The largest absolute Gasteiger partial charge is 0.338 e. The fraction of sp³-hybridized carbons (Fsp3) is 0.429. The van der Waals surface area contributed by atoms with E-state index in [9.17, 15) is 9.18 Å². The maximum Gasteiger partial charge on any atom is 0.253 e. The molecule has 0 bridgehead atoms. The normalized spacial score (nSPS) is 17.5. The molecule has 1 fully saturated rings. The van der Waals surface area contributed by atoms with Gasteiger partial charge in [-0.1, -0.05) is 19.1 Å². The Kier molecular flexibility index (Phi) is 5.79. The maximum absolute atomic E-state index is 13.0. The molecule has 1 amide bonds. The molecule has 1 aliphatic rings. The Balaban J connectivity index is 1.58. The lowest BCUT2D eigenvalue weighted by Crippen LogP contribution is -2.40. The molecule has 2 aromatic rings. The van der Waals surface area contributed by atoms with Gasteiger partial charge in [0.2, 0.25) is 0 Å². The number of halogens is 1. The van der Waals surface area contributed by atoms with Crippen LogP contribution in [0, 0.1) is 11.7 Å². The minimum atomic E-state index is -0.193. The van der Waals surface area contributed by atoms with Gasteiger partial charge >= 0.3 is 0 Å². The lowest BCUT2D eigenvalue weighted by atomic mass is 9.91. The second-order valence-corrected chi connectivity index (χ2v) is 6.81. The van der Waals surface area contributed by atoms with Crippen molar-refractivity contribution in [1.82, 2.24) is 9.88 Å². The molecule has 0 N–H and O–H groups in total. The highest BCUT2D eigenvalue weighted by atomic mass is 19.1. The van der Waals surface area contributed by atoms with Crippen LogP contribution in [-0.2, 0) is 12.8 Å². The van der Waals surface area contributed by atoms with E-state index >= 15 is 0 Å². The molecule has 1 saturated heterocycles. The molecule has 1 aromatic carbocycles. The van der Waals surface area contributed by atoms with E-state index in [0.29, 0.717) is 5.92 Å². The molecule has 0 spiro atoms. The van der Waals surface area contributed by atoms with Crippen molar-refractivity contribution in [3.8, 4) is 0 Å². The van der Waals surface area contributed by atoms with Crippen molar-refractivity contribution in [2.45, 2.75) is 39.0 Å². The molecule has 1 aromatic heterocycles. The van der Waals surface area contributed by atoms with Gasteiger partial charge in [-0.3, -0.25) is 9.78 Å². The number of pyridine rings is 1. The number of carbonyl (C=O) groups is 1. The highest BCUT2D eigenvalue weighted by Crippen LogP contribution is 2.23. The zero-order chi connectivity index (χ0) is 17.6. The average molecular weight is 340 g/mol. The van der Waals surface area contributed by atoms with Crippen LogP contribution in [0.5, 0.6) is 0 Å². The third kappa shape index (κ3) is 4.65. The van der Waals surface area contributed by atoms with Gasteiger partial charge < -0.3 is 4.90 Å².